The van der Waals surface area contributed by atoms with E-state index in [1.165, 1.54) is 18.9 Å². The van der Waals surface area contributed by atoms with Crippen LogP contribution in [0.3, 0.4) is 0 Å². The van der Waals surface area contributed by atoms with Gasteiger partial charge < -0.3 is 20.5 Å². The number of halogens is 2. The third-order valence-corrected chi connectivity index (χ3v) is 8.22. The van der Waals surface area contributed by atoms with E-state index in [9.17, 15) is 10.4 Å². The van der Waals surface area contributed by atoms with Gasteiger partial charge in [-0.15, -0.1) is 11.3 Å². The van der Waals surface area contributed by atoms with Crippen LogP contribution in [0.2, 0.25) is 0 Å². The van der Waals surface area contributed by atoms with Crippen LogP contribution in [0.5, 0.6) is 0 Å². The van der Waals surface area contributed by atoms with E-state index in [1.807, 2.05) is 31.7 Å². The maximum atomic E-state index is 16.3. The summed E-state index contributed by atoms with van der Waals surface area (Å²) in [7, 11) is 0. The maximum Gasteiger partial charge on any atom is 0.226 e. The standard InChI is InChI=1S/C24H19F2N5O2S.C4H10.C2H6/c1-10-6-31(7-16(10)32)24-29-5-12-13-8-33-9-14(13)19(21(26)22(12)30-24)20-15(25)2-3-17-18(20)11(4-27)23(28)34-17;1-3-4-2;1-2/h2-3,5,10,16,32H,6-9,28H2,1H3;3-4H2,1-2H3;1-2H3. The first-order valence-electron chi connectivity index (χ1n) is 13.7. The molecule has 0 radical (unpaired) electrons. The topological polar surface area (TPSA) is 108 Å². The van der Waals surface area contributed by atoms with Gasteiger partial charge in [0.2, 0.25) is 5.95 Å². The minimum absolute atomic E-state index is 0.00599. The number of thiophene rings is 1. The molecule has 2 aromatic carbocycles. The number of β-amino-alcohol motifs (C(OH)–C–C–N with tert-alkyl or cyclic N) is 1. The van der Waals surface area contributed by atoms with Crippen molar-refractivity contribution in [1.82, 2.24) is 9.97 Å². The minimum Gasteiger partial charge on any atom is -0.391 e. The monoisotopic (exact) mass is 567 g/mol. The predicted molar refractivity (Wildman–Crippen MR) is 157 cm³/mol. The third kappa shape index (κ3) is 5.09. The number of unbranched alkanes of at least 4 members (excludes halogenated alkanes) is 1. The molecule has 4 heterocycles. The van der Waals surface area contributed by atoms with Gasteiger partial charge in [-0.25, -0.2) is 18.7 Å². The van der Waals surface area contributed by atoms with Gasteiger partial charge in [0.25, 0.3) is 0 Å². The second-order valence-corrected chi connectivity index (χ2v) is 10.9. The average Bonchev–Trinajstić information content (AvgIpc) is 3.67. The van der Waals surface area contributed by atoms with E-state index < -0.39 is 17.7 Å². The molecule has 0 amide bonds. The molecule has 10 heteroatoms. The molecule has 40 heavy (non-hydrogen) atoms. The average molecular weight is 568 g/mol. The Bertz CT molecular complexity index is 1570. The number of fused-ring (bicyclic) bond motifs is 4. The summed E-state index contributed by atoms with van der Waals surface area (Å²) in [6, 6.07) is 4.85. The number of hydrogen-bond acceptors (Lipinski definition) is 8. The fourth-order valence-electron chi connectivity index (χ4n) is 4.97. The van der Waals surface area contributed by atoms with E-state index in [0.29, 0.717) is 45.6 Å². The Morgan fingerprint density at radius 2 is 1.85 bits per heavy atom. The lowest BCUT2D eigenvalue weighted by atomic mass is 9.90. The Balaban J connectivity index is 0.000000568. The number of nitriles is 1. The molecule has 1 fully saturated rings. The normalized spacial score (nSPS) is 17.7. The van der Waals surface area contributed by atoms with Crippen molar-refractivity contribution < 1.29 is 18.6 Å². The number of anilines is 2. The summed E-state index contributed by atoms with van der Waals surface area (Å²) >= 11 is 1.16. The van der Waals surface area contributed by atoms with Gasteiger partial charge in [0, 0.05) is 51.8 Å². The van der Waals surface area contributed by atoms with Gasteiger partial charge >= 0.3 is 0 Å². The summed E-state index contributed by atoms with van der Waals surface area (Å²) in [6.45, 7) is 11.5. The molecule has 2 unspecified atom stereocenters. The lowest BCUT2D eigenvalue weighted by Gasteiger charge is -2.18. The summed E-state index contributed by atoms with van der Waals surface area (Å²) in [5.41, 5.74) is 7.46. The highest BCUT2D eigenvalue weighted by atomic mass is 32.1. The summed E-state index contributed by atoms with van der Waals surface area (Å²) in [5, 5.41) is 20.9. The lowest BCUT2D eigenvalue weighted by Crippen LogP contribution is -2.23. The lowest BCUT2D eigenvalue weighted by molar-refractivity contribution is 0.135. The zero-order valence-electron chi connectivity index (χ0n) is 23.5. The van der Waals surface area contributed by atoms with E-state index in [-0.39, 0.29) is 46.3 Å². The van der Waals surface area contributed by atoms with Crippen molar-refractivity contribution in [1.29, 1.82) is 5.26 Å². The number of aliphatic hydroxyl groups is 1. The number of rotatable bonds is 3. The zero-order valence-corrected chi connectivity index (χ0v) is 24.3. The molecule has 7 nitrogen and oxygen atoms in total. The van der Waals surface area contributed by atoms with Crippen LogP contribution in [0.15, 0.2) is 18.3 Å². The number of nitrogen functional groups attached to an aromatic ring is 1. The van der Waals surface area contributed by atoms with Gasteiger partial charge in [0.1, 0.15) is 22.4 Å². The maximum absolute atomic E-state index is 16.3. The predicted octanol–water partition coefficient (Wildman–Crippen LogP) is 6.92. The van der Waals surface area contributed by atoms with Crippen LogP contribution < -0.4 is 10.6 Å². The number of nitrogens with zero attached hydrogens (tertiary/aromatic N) is 4. The minimum atomic E-state index is -0.698. The molecule has 1 saturated heterocycles. The Hall–Kier alpha value is -3.39. The molecule has 0 spiro atoms. The number of ether oxygens (including phenoxy) is 1. The second-order valence-electron chi connectivity index (χ2n) is 9.77. The van der Waals surface area contributed by atoms with Gasteiger partial charge in [-0.2, -0.15) is 5.26 Å². The molecule has 2 aliphatic rings. The van der Waals surface area contributed by atoms with Gasteiger partial charge in [0.15, 0.2) is 5.82 Å². The SMILES string of the molecule is CC.CC1CN(c2ncc3c4c(c(-c5c(F)ccc6sc(N)c(C#N)c56)c(F)c3n2)COC4)CC1O.CCCC. The fraction of sp³-hybridized carbons (Fsp3) is 0.433. The molecule has 212 valence electrons. The van der Waals surface area contributed by atoms with Crippen molar-refractivity contribution in [3.05, 3.63) is 46.7 Å². The van der Waals surface area contributed by atoms with Gasteiger partial charge in [-0.1, -0.05) is 47.5 Å². The molecule has 2 atom stereocenters. The van der Waals surface area contributed by atoms with Crippen molar-refractivity contribution in [2.24, 2.45) is 5.92 Å². The summed E-state index contributed by atoms with van der Waals surface area (Å²) in [5.74, 6) is -1.01. The van der Waals surface area contributed by atoms with Crippen LogP contribution in [0.1, 0.15) is 64.2 Å². The van der Waals surface area contributed by atoms with Gasteiger partial charge in [0.05, 0.1) is 24.9 Å². The first-order valence-corrected chi connectivity index (χ1v) is 14.5. The Labute approximate surface area is 237 Å². The van der Waals surface area contributed by atoms with Crippen LogP contribution in [0.4, 0.5) is 19.7 Å². The summed E-state index contributed by atoms with van der Waals surface area (Å²) in [6.07, 6.45) is 3.68. The van der Waals surface area contributed by atoms with Crippen LogP contribution in [0.25, 0.3) is 32.1 Å². The third-order valence-electron chi connectivity index (χ3n) is 7.24. The molecule has 4 aromatic rings. The van der Waals surface area contributed by atoms with E-state index in [2.05, 4.69) is 23.8 Å². The van der Waals surface area contributed by atoms with Crippen LogP contribution in [-0.4, -0.2) is 34.3 Å². The highest BCUT2D eigenvalue weighted by molar-refractivity contribution is 7.23. The van der Waals surface area contributed by atoms with E-state index in [4.69, 9.17) is 10.5 Å². The fourth-order valence-corrected chi connectivity index (χ4v) is 5.90. The van der Waals surface area contributed by atoms with Crippen LogP contribution >= 0.6 is 11.3 Å². The molecule has 2 aliphatic heterocycles. The highest BCUT2D eigenvalue weighted by Gasteiger charge is 2.32. The molecular weight excluding hydrogens is 532 g/mol. The molecule has 6 rings (SSSR count). The Morgan fingerprint density at radius 1 is 1.15 bits per heavy atom. The Kier molecular flexibility index (Phi) is 9.19. The van der Waals surface area contributed by atoms with E-state index in [1.54, 1.807) is 12.3 Å². The van der Waals surface area contributed by atoms with Crippen molar-refractivity contribution in [2.75, 3.05) is 23.7 Å². The van der Waals surface area contributed by atoms with Crippen LogP contribution in [0, 0.1) is 28.9 Å². The summed E-state index contributed by atoms with van der Waals surface area (Å²) in [4.78, 5) is 10.7. The second kappa shape index (κ2) is 12.4. The van der Waals surface area contributed by atoms with Crippen molar-refractivity contribution in [3.63, 3.8) is 0 Å². The zero-order chi connectivity index (χ0) is 29.1. The largest absolute Gasteiger partial charge is 0.391 e. The summed E-state index contributed by atoms with van der Waals surface area (Å²) < 4.78 is 37.9. The number of aromatic nitrogens is 2. The number of nitrogens with two attached hydrogens (primary N) is 1. The molecule has 0 saturated carbocycles. The number of benzene rings is 2. The molecule has 0 bridgehead atoms. The quantitative estimate of drug-likeness (QED) is 0.276. The molecular formula is C30H35F2N5O2S. The van der Waals surface area contributed by atoms with Crippen LogP contribution in [-0.2, 0) is 18.0 Å². The Morgan fingerprint density at radius 3 is 2.48 bits per heavy atom. The molecule has 0 aliphatic carbocycles. The first-order chi connectivity index (χ1) is 19.3. The number of hydrogen-bond donors (Lipinski definition) is 2. The first kappa shape index (κ1) is 29.6. The van der Waals surface area contributed by atoms with Gasteiger partial charge in [-0.05, 0) is 23.3 Å². The number of aliphatic hydroxyl groups excluding tert-OH is 1. The van der Waals surface area contributed by atoms with E-state index in [0.717, 1.165) is 11.3 Å². The smallest absolute Gasteiger partial charge is 0.226 e. The highest BCUT2D eigenvalue weighted by Crippen LogP contribution is 2.46. The van der Waals surface area contributed by atoms with Crippen molar-refractivity contribution >= 4 is 43.3 Å². The van der Waals surface area contributed by atoms with Crippen molar-refractivity contribution in [3.8, 4) is 17.2 Å². The molecule has 2 aromatic heterocycles. The molecule has 3 N–H and O–H groups in total. The van der Waals surface area contributed by atoms with E-state index >= 15 is 8.78 Å². The van der Waals surface area contributed by atoms with Crippen molar-refractivity contribution in [2.45, 2.75) is 66.8 Å². The van der Waals surface area contributed by atoms with Gasteiger partial charge in [-0.3, -0.25) is 0 Å².